The molecule has 1 amide bonds. The van der Waals surface area contributed by atoms with E-state index < -0.39 is 0 Å². The molecule has 0 aliphatic carbocycles. The highest BCUT2D eigenvalue weighted by Gasteiger charge is 2.24. The van der Waals surface area contributed by atoms with Gasteiger partial charge in [0.15, 0.2) is 0 Å². The van der Waals surface area contributed by atoms with Crippen LogP contribution in [0.3, 0.4) is 0 Å². The van der Waals surface area contributed by atoms with Crippen LogP contribution in [-0.2, 0) is 9.53 Å². The van der Waals surface area contributed by atoms with Crippen LogP contribution in [0.15, 0.2) is 28.7 Å². The third kappa shape index (κ3) is 4.65. The van der Waals surface area contributed by atoms with Gasteiger partial charge in [-0.05, 0) is 37.1 Å². The number of hydrogen-bond donors (Lipinski definition) is 0. The van der Waals surface area contributed by atoms with Crippen molar-refractivity contribution in [2.75, 3.05) is 39.3 Å². The molecule has 3 rings (SSSR count). The summed E-state index contributed by atoms with van der Waals surface area (Å²) in [6, 6.07) is 4.69. The third-order valence-corrected chi connectivity index (χ3v) is 5.03. The number of amides is 1. The van der Waals surface area contributed by atoms with Crippen LogP contribution in [0.2, 0.25) is 0 Å². The van der Waals surface area contributed by atoms with Gasteiger partial charge in [0.05, 0.1) is 6.10 Å². The standard InChI is InChI=1S/C18H22BrFN2O2/c19-15-4-5-17(20)14(12-15)3-6-18(23)22-9-7-21(8-10-22)13-16-2-1-11-24-16/h3-6,12,16H,1-2,7-11,13H2/b6-3+/t16-/m1/s1. The van der Waals surface area contributed by atoms with Gasteiger partial charge in [0, 0.05) is 55.4 Å². The molecular formula is C18H22BrFN2O2. The minimum absolute atomic E-state index is 0.0638. The van der Waals surface area contributed by atoms with E-state index in [1.807, 2.05) is 4.90 Å². The lowest BCUT2D eigenvalue weighted by atomic mass is 10.2. The molecule has 0 N–H and O–H groups in total. The van der Waals surface area contributed by atoms with Gasteiger partial charge in [-0.15, -0.1) is 0 Å². The van der Waals surface area contributed by atoms with Crippen LogP contribution >= 0.6 is 15.9 Å². The highest BCUT2D eigenvalue weighted by molar-refractivity contribution is 9.10. The summed E-state index contributed by atoms with van der Waals surface area (Å²) in [7, 11) is 0. The molecule has 0 radical (unpaired) electrons. The van der Waals surface area contributed by atoms with Crippen molar-refractivity contribution < 1.29 is 13.9 Å². The van der Waals surface area contributed by atoms with Gasteiger partial charge in [-0.2, -0.15) is 0 Å². The van der Waals surface area contributed by atoms with E-state index in [2.05, 4.69) is 20.8 Å². The molecule has 1 aromatic rings. The second-order valence-corrected chi connectivity index (χ2v) is 7.18. The lowest BCUT2D eigenvalue weighted by Crippen LogP contribution is -2.50. The van der Waals surface area contributed by atoms with Crippen LogP contribution in [0.25, 0.3) is 6.08 Å². The average Bonchev–Trinajstić information content (AvgIpc) is 3.09. The fourth-order valence-electron chi connectivity index (χ4n) is 3.14. The van der Waals surface area contributed by atoms with E-state index in [-0.39, 0.29) is 11.7 Å². The predicted molar refractivity (Wildman–Crippen MR) is 95.1 cm³/mol. The first-order valence-electron chi connectivity index (χ1n) is 8.38. The molecule has 1 aromatic carbocycles. The van der Waals surface area contributed by atoms with Gasteiger partial charge in [0.25, 0.3) is 0 Å². The molecule has 2 saturated heterocycles. The maximum atomic E-state index is 13.7. The molecule has 0 spiro atoms. The number of hydrogen-bond acceptors (Lipinski definition) is 3. The molecule has 1 atom stereocenters. The van der Waals surface area contributed by atoms with Gasteiger partial charge in [-0.3, -0.25) is 9.69 Å². The maximum absolute atomic E-state index is 13.7. The molecule has 2 aliphatic rings. The smallest absolute Gasteiger partial charge is 0.246 e. The Morgan fingerprint density at radius 3 is 2.83 bits per heavy atom. The molecule has 6 heteroatoms. The maximum Gasteiger partial charge on any atom is 0.246 e. The van der Waals surface area contributed by atoms with Crippen LogP contribution in [0, 0.1) is 5.82 Å². The van der Waals surface area contributed by atoms with Gasteiger partial charge >= 0.3 is 0 Å². The van der Waals surface area contributed by atoms with E-state index in [9.17, 15) is 9.18 Å². The number of ether oxygens (including phenoxy) is 1. The van der Waals surface area contributed by atoms with Crippen LogP contribution in [0.4, 0.5) is 4.39 Å². The first-order valence-corrected chi connectivity index (χ1v) is 9.17. The fraction of sp³-hybridized carbons (Fsp3) is 0.500. The fourth-order valence-corrected chi connectivity index (χ4v) is 3.51. The Kier molecular flexibility index (Phi) is 6.03. The van der Waals surface area contributed by atoms with Crippen molar-refractivity contribution in [1.29, 1.82) is 0 Å². The average molecular weight is 397 g/mol. The van der Waals surface area contributed by atoms with E-state index in [1.54, 1.807) is 18.2 Å². The lowest BCUT2D eigenvalue weighted by Gasteiger charge is -2.35. The number of benzene rings is 1. The summed E-state index contributed by atoms with van der Waals surface area (Å²) in [5.41, 5.74) is 0.412. The summed E-state index contributed by atoms with van der Waals surface area (Å²) in [5, 5.41) is 0. The predicted octanol–water partition coefficient (Wildman–Crippen LogP) is 2.92. The second-order valence-electron chi connectivity index (χ2n) is 6.26. The van der Waals surface area contributed by atoms with Crippen molar-refractivity contribution in [2.24, 2.45) is 0 Å². The summed E-state index contributed by atoms with van der Waals surface area (Å²) < 4.78 is 20.1. The van der Waals surface area contributed by atoms with Gasteiger partial charge in [-0.1, -0.05) is 15.9 Å². The highest BCUT2D eigenvalue weighted by Crippen LogP contribution is 2.17. The molecule has 0 saturated carbocycles. The van der Waals surface area contributed by atoms with Crippen molar-refractivity contribution in [3.05, 3.63) is 40.1 Å². The Bertz CT molecular complexity index is 609. The number of nitrogens with zero attached hydrogens (tertiary/aromatic N) is 2. The van der Waals surface area contributed by atoms with Gasteiger partial charge in [0.2, 0.25) is 5.91 Å². The van der Waals surface area contributed by atoms with Crippen LogP contribution in [0.5, 0.6) is 0 Å². The minimum Gasteiger partial charge on any atom is -0.377 e. The summed E-state index contributed by atoms with van der Waals surface area (Å²) in [6.45, 7) is 4.98. The zero-order valence-corrected chi connectivity index (χ0v) is 15.2. The quantitative estimate of drug-likeness (QED) is 0.733. The molecule has 0 bridgehead atoms. The van der Waals surface area contributed by atoms with Gasteiger partial charge in [0.1, 0.15) is 5.82 Å². The molecule has 0 unspecified atom stereocenters. The Morgan fingerprint density at radius 2 is 2.12 bits per heavy atom. The SMILES string of the molecule is O=C(/C=C/c1cc(Br)ccc1F)N1CCN(C[C@H]2CCCO2)CC1. The zero-order valence-electron chi connectivity index (χ0n) is 13.6. The summed E-state index contributed by atoms with van der Waals surface area (Å²) in [4.78, 5) is 16.5. The second kappa shape index (κ2) is 8.23. The Hall–Kier alpha value is -1.24. The Balaban J connectivity index is 1.49. The largest absolute Gasteiger partial charge is 0.377 e. The number of rotatable bonds is 4. The molecule has 4 nitrogen and oxygen atoms in total. The van der Waals surface area contributed by atoms with E-state index in [1.165, 1.54) is 12.1 Å². The Morgan fingerprint density at radius 1 is 1.33 bits per heavy atom. The first kappa shape index (κ1) is 17.6. The van der Waals surface area contributed by atoms with E-state index in [0.29, 0.717) is 24.8 Å². The van der Waals surface area contributed by atoms with E-state index >= 15 is 0 Å². The number of carbonyl (C=O) groups is 1. The summed E-state index contributed by atoms with van der Waals surface area (Å²) in [5.74, 6) is -0.394. The first-order chi connectivity index (χ1) is 11.6. The summed E-state index contributed by atoms with van der Waals surface area (Å²) in [6.07, 6.45) is 5.65. The molecular weight excluding hydrogens is 375 g/mol. The monoisotopic (exact) mass is 396 g/mol. The zero-order chi connectivity index (χ0) is 16.9. The van der Waals surface area contributed by atoms with Crippen molar-refractivity contribution in [2.45, 2.75) is 18.9 Å². The van der Waals surface area contributed by atoms with E-state index in [4.69, 9.17) is 4.74 Å². The lowest BCUT2D eigenvalue weighted by molar-refractivity contribution is -0.127. The van der Waals surface area contributed by atoms with Gasteiger partial charge in [-0.25, -0.2) is 4.39 Å². The van der Waals surface area contributed by atoms with Gasteiger partial charge < -0.3 is 9.64 Å². The molecule has 2 fully saturated rings. The van der Waals surface area contributed by atoms with Crippen molar-refractivity contribution in [1.82, 2.24) is 9.80 Å². The Labute approximate surface area is 150 Å². The van der Waals surface area contributed by atoms with Crippen molar-refractivity contribution in [3.63, 3.8) is 0 Å². The van der Waals surface area contributed by atoms with Crippen LogP contribution in [-0.4, -0.2) is 61.1 Å². The van der Waals surface area contributed by atoms with Crippen LogP contribution < -0.4 is 0 Å². The van der Waals surface area contributed by atoms with Crippen molar-refractivity contribution in [3.8, 4) is 0 Å². The molecule has 2 aliphatic heterocycles. The topological polar surface area (TPSA) is 32.8 Å². The number of piperazine rings is 1. The van der Waals surface area contributed by atoms with E-state index in [0.717, 1.165) is 43.6 Å². The normalized spacial score (nSPS) is 22.4. The molecule has 130 valence electrons. The number of carbonyl (C=O) groups excluding carboxylic acids is 1. The molecule has 24 heavy (non-hydrogen) atoms. The molecule has 2 heterocycles. The molecule has 0 aromatic heterocycles. The number of halogens is 2. The van der Waals surface area contributed by atoms with Crippen LogP contribution in [0.1, 0.15) is 18.4 Å². The third-order valence-electron chi connectivity index (χ3n) is 4.53. The summed E-state index contributed by atoms with van der Waals surface area (Å²) >= 11 is 3.31. The highest BCUT2D eigenvalue weighted by atomic mass is 79.9. The van der Waals surface area contributed by atoms with Crippen molar-refractivity contribution >= 4 is 27.9 Å². The minimum atomic E-state index is -0.330.